The molecule has 10 aromatic carbocycles. The zero-order valence-corrected chi connectivity index (χ0v) is 36.6. The maximum absolute atomic E-state index is 6.28. The van der Waals surface area contributed by atoms with Crippen LogP contribution in [-0.2, 0) is 5.41 Å². The number of fused-ring (bicyclic) bond motifs is 12. The van der Waals surface area contributed by atoms with Crippen LogP contribution in [-0.4, -0.2) is 4.40 Å². The van der Waals surface area contributed by atoms with Gasteiger partial charge in [0, 0.05) is 54.8 Å². The summed E-state index contributed by atoms with van der Waals surface area (Å²) in [5.74, 6) is 0. The lowest BCUT2D eigenvalue weighted by Crippen LogP contribution is -2.16. The molecule has 3 aromatic heterocycles. The molecule has 0 atom stereocenters. The number of anilines is 3. The Hall–Kier alpha value is -8.40. The Morgan fingerprint density at radius 1 is 0.348 bits per heavy atom. The van der Waals surface area contributed by atoms with Crippen LogP contribution in [0.4, 0.5) is 17.1 Å². The van der Waals surface area contributed by atoms with E-state index in [4.69, 9.17) is 4.42 Å². The molecule has 0 spiro atoms. The highest BCUT2D eigenvalue weighted by Gasteiger charge is 2.36. The number of para-hydroxylation sites is 3. The summed E-state index contributed by atoms with van der Waals surface area (Å²) in [6, 6.07) is 80.1. The quantitative estimate of drug-likeness (QED) is 0.166. The van der Waals surface area contributed by atoms with E-state index in [2.05, 4.69) is 229 Å². The Kier molecular flexibility index (Phi) is 7.74. The fraction of sp³-hybridized carbons (Fsp3) is 0.0476. The van der Waals surface area contributed by atoms with Crippen molar-refractivity contribution in [1.29, 1.82) is 0 Å². The number of aromatic nitrogens is 1. The smallest absolute Gasteiger partial charge is 0.136 e. The third kappa shape index (κ3) is 5.38. The van der Waals surface area contributed by atoms with Crippen LogP contribution in [0.5, 0.6) is 0 Å². The third-order valence-corrected chi connectivity index (χ3v) is 14.5. The van der Waals surface area contributed by atoms with Gasteiger partial charge in [0.1, 0.15) is 11.2 Å². The highest BCUT2D eigenvalue weighted by Crippen LogP contribution is 2.52. The van der Waals surface area contributed by atoms with Crippen molar-refractivity contribution >= 4 is 77.1 Å². The first-order valence-corrected chi connectivity index (χ1v) is 22.9. The van der Waals surface area contributed by atoms with Crippen LogP contribution in [0.3, 0.4) is 0 Å². The van der Waals surface area contributed by atoms with Gasteiger partial charge in [-0.05, 0) is 134 Å². The first-order chi connectivity index (χ1) is 32.5. The molecule has 3 heteroatoms. The van der Waals surface area contributed by atoms with Crippen molar-refractivity contribution < 1.29 is 4.42 Å². The van der Waals surface area contributed by atoms with Crippen LogP contribution in [0.15, 0.2) is 223 Å². The fourth-order valence-corrected chi connectivity index (χ4v) is 11.2. The summed E-state index contributed by atoms with van der Waals surface area (Å²) in [5, 5.41) is 7.51. The fourth-order valence-electron chi connectivity index (χ4n) is 11.2. The molecule has 0 radical (unpaired) electrons. The van der Waals surface area contributed by atoms with Crippen LogP contribution in [0, 0.1) is 0 Å². The van der Waals surface area contributed by atoms with Gasteiger partial charge in [-0.2, -0.15) is 0 Å². The Balaban J connectivity index is 0.844. The lowest BCUT2D eigenvalue weighted by Gasteiger charge is -2.28. The topological polar surface area (TPSA) is 20.8 Å². The molecular weight excluding hydrogens is 801 g/mol. The molecule has 0 saturated heterocycles. The van der Waals surface area contributed by atoms with Crippen molar-refractivity contribution in [2.45, 2.75) is 19.3 Å². The molecular formula is C63H42N2O. The molecule has 13 aromatic rings. The van der Waals surface area contributed by atoms with Crippen molar-refractivity contribution in [2.24, 2.45) is 0 Å². The Morgan fingerprint density at radius 3 is 1.65 bits per heavy atom. The average molecular weight is 843 g/mol. The van der Waals surface area contributed by atoms with Gasteiger partial charge in [-0.3, -0.25) is 0 Å². The zero-order valence-electron chi connectivity index (χ0n) is 36.6. The van der Waals surface area contributed by atoms with Gasteiger partial charge >= 0.3 is 0 Å². The maximum Gasteiger partial charge on any atom is 0.136 e. The highest BCUT2D eigenvalue weighted by atomic mass is 16.3. The maximum atomic E-state index is 6.28. The van der Waals surface area contributed by atoms with E-state index in [0.29, 0.717) is 0 Å². The molecule has 3 nitrogen and oxygen atoms in total. The number of rotatable bonds is 6. The minimum atomic E-state index is -0.224. The molecule has 0 aliphatic heterocycles. The van der Waals surface area contributed by atoms with Crippen LogP contribution in [0.2, 0.25) is 0 Å². The standard InChI is InChI=1S/C63H42N2O/c1-63(2)56-36-43(42-25-34-59-55(35-42)54-16-10-15-53-50-13-6-8-17-58(50)65(59)62(53)54)23-31-48(56)49-33-30-47(38-57(49)63)64(45-26-19-40(20-27-45)39-11-4-3-5-12-39)46-28-21-41(22-29-46)44-24-32-52-51-14-7-9-18-60(51)66-61(52)37-44/h3-38H,1-2H3. The number of hydrogen-bond acceptors (Lipinski definition) is 2. The van der Waals surface area contributed by atoms with Gasteiger partial charge in [0.15, 0.2) is 0 Å². The Bertz CT molecular complexity index is 4060. The van der Waals surface area contributed by atoms with E-state index in [0.717, 1.165) is 50.1 Å². The predicted octanol–water partition coefficient (Wildman–Crippen LogP) is 17.5. The SMILES string of the molecule is CC1(C)c2cc(-c3ccc4c(c3)c3cccc5c6ccccc6n4c53)ccc2-c2ccc(N(c3ccc(-c4ccccc4)cc3)c3ccc(-c4ccc5c(c4)oc4ccccc45)cc3)cc21. The molecule has 14 rings (SSSR count). The summed E-state index contributed by atoms with van der Waals surface area (Å²) in [6.45, 7) is 4.78. The molecule has 0 unspecified atom stereocenters. The second-order valence-corrected chi connectivity index (χ2v) is 18.5. The Labute approximate surface area is 382 Å². The van der Waals surface area contributed by atoms with Crippen molar-refractivity contribution in [3.8, 4) is 44.5 Å². The van der Waals surface area contributed by atoms with E-state index in [1.54, 1.807) is 0 Å². The molecule has 310 valence electrons. The number of benzene rings is 10. The summed E-state index contributed by atoms with van der Waals surface area (Å²) in [4.78, 5) is 2.40. The molecule has 1 aliphatic carbocycles. The van der Waals surface area contributed by atoms with E-state index < -0.39 is 0 Å². The van der Waals surface area contributed by atoms with E-state index in [1.165, 1.54) is 82.6 Å². The third-order valence-electron chi connectivity index (χ3n) is 14.5. The van der Waals surface area contributed by atoms with Crippen LogP contribution >= 0.6 is 0 Å². The molecule has 0 N–H and O–H groups in total. The van der Waals surface area contributed by atoms with Crippen LogP contribution in [0.1, 0.15) is 25.0 Å². The van der Waals surface area contributed by atoms with Crippen molar-refractivity contribution in [3.05, 3.63) is 230 Å². The minimum absolute atomic E-state index is 0.224. The molecule has 0 saturated carbocycles. The molecule has 0 amide bonds. The van der Waals surface area contributed by atoms with Gasteiger partial charge in [-0.15, -0.1) is 0 Å². The van der Waals surface area contributed by atoms with Crippen molar-refractivity contribution in [3.63, 3.8) is 0 Å². The summed E-state index contributed by atoms with van der Waals surface area (Å²) >= 11 is 0. The monoisotopic (exact) mass is 842 g/mol. The summed E-state index contributed by atoms with van der Waals surface area (Å²) in [6.07, 6.45) is 0. The lowest BCUT2D eigenvalue weighted by molar-refractivity contribution is 0.660. The zero-order chi connectivity index (χ0) is 43.7. The average Bonchev–Trinajstić information content (AvgIpc) is 4.09. The van der Waals surface area contributed by atoms with E-state index in [-0.39, 0.29) is 5.41 Å². The molecule has 0 bridgehead atoms. The van der Waals surface area contributed by atoms with Gasteiger partial charge in [-0.1, -0.05) is 153 Å². The van der Waals surface area contributed by atoms with E-state index >= 15 is 0 Å². The normalized spacial score (nSPS) is 13.1. The summed E-state index contributed by atoms with van der Waals surface area (Å²) in [7, 11) is 0. The predicted molar refractivity (Wildman–Crippen MR) is 277 cm³/mol. The molecule has 0 fully saturated rings. The molecule has 66 heavy (non-hydrogen) atoms. The number of furan rings is 1. The number of nitrogens with zero attached hydrogens (tertiary/aromatic N) is 2. The second kappa shape index (κ2) is 13.8. The minimum Gasteiger partial charge on any atom is -0.456 e. The van der Waals surface area contributed by atoms with Gasteiger partial charge in [0.2, 0.25) is 0 Å². The highest BCUT2D eigenvalue weighted by molar-refractivity contribution is 6.23. The summed E-state index contributed by atoms with van der Waals surface area (Å²) < 4.78 is 8.73. The van der Waals surface area contributed by atoms with Gasteiger partial charge < -0.3 is 13.7 Å². The summed E-state index contributed by atoms with van der Waals surface area (Å²) in [5.41, 5.74) is 21.2. The van der Waals surface area contributed by atoms with Gasteiger partial charge in [0.25, 0.3) is 0 Å². The van der Waals surface area contributed by atoms with Crippen LogP contribution < -0.4 is 4.90 Å². The molecule has 3 heterocycles. The van der Waals surface area contributed by atoms with Gasteiger partial charge in [-0.25, -0.2) is 0 Å². The van der Waals surface area contributed by atoms with E-state index in [9.17, 15) is 0 Å². The number of hydrogen-bond donors (Lipinski definition) is 0. The Morgan fingerprint density at radius 2 is 0.864 bits per heavy atom. The van der Waals surface area contributed by atoms with Crippen molar-refractivity contribution in [2.75, 3.05) is 4.90 Å². The first kappa shape index (κ1) is 37.0. The molecule has 1 aliphatic rings. The second-order valence-electron chi connectivity index (χ2n) is 18.5. The lowest BCUT2D eigenvalue weighted by atomic mass is 9.81. The van der Waals surface area contributed by atoms with Crippen LogP contribution in [0.25, 0.3) is 105 Å². The van der Waals surface area contributed by atoms with Crippen molar-refractivity contribution in [1.82, 2.24) is 4.40 Å². The first-order valence-electron chi connectivity index (χ1n) is 22.9. The van der Waals surface area contributed by atoms with Gasteiger partial charge in [0.05, 0.1) is 16.6 Å². The largest absolute Gasteiger partial charge is 0.456 e. The van der Waals surface area contributed by atoms with E-state index in [1.807, 2.05) is 12.1 Å².